The number of carbonyl (C=O) groups excluding carboxylic acids is 3. The molecule has 0 fully saturated rings. The van der Waals surface area contributed by atoms with Crippen LogP contribution in [0.5, 0.6) is 0 Å². The van der Waals surface area contributed by atoms with Crippen molar-refractivity contribution in [1.82, 2.24) is 9.80 Å². The van der Waals surface area contributed by atoms with Crippen LogP contribution in [0.2, 0.25) is 0 Å². The van der Waals surface area contributed by atoms with Gasteiger partial charge in [-0.2, -0.15) is 0 Å². The summed E-state index contributed by atoms with van der Waals surface area (Å²) >= 11 is 0. The van der Waals surface area contributed by atoms with Gasteiger partial charge in [-0.05, 0) is 102 Å². The largest absolute Gasteiger partial charge is 0.459 e. The van der Waals surface area contributed by atoms with E-state index in [2.05, 4.69) is 48.6 Å². The lowest BCUT2D eigenvalue weighted by Crippen LogP contribution is -2.20. The Labute approximate surface area is 318 Å². The molecule has 0 saturated carbocycles. The number of ether oxygens (including phenoxy) is 1. The first-order valence-electron chi connectivity index (χ1n) is 20.6. The van der Waals surface area contributed by atoms with Crippen molar-refractivity contribution in [2.24, 2.45) is 0 Å². The number of rotatable bonds is 32. The van der Waals surface area contributed by atoms with E-state index in [9.17, 15) is 14.4 Å². The fourth-order valence-corrected chi connectivity index (χ4v) is 5.94. The number of benzene rings is 1. The van der Waals surface area contributed by atoms with Gasteiger partial charge in [0.25, 0.3) is 0 Å². The zero-order valence-corrected chi connectivity index (χ0v) is 33.6. The fourth-order valence-electron chi connectivity index (χ4n) is 5.94. The van der Waals surface area contributed by atoms with Crippen molar-refractivity contribution in [1.29, 1.82) is 0 Å². The average Bonchev–Trinajstić information content (AvgIpc) is 3.14. The minimum Gasteiger partial charge on any atom is -0.459 e. The monoisotopic (exact) mass is 719 g/mol. The van der Waals surface area contributed by atoms with E-state index < -0.39 is 0 Å². The van der Waals surface area contributed by atoms with Crippen molar-refractivity contribution in [3.8, 4) is 0 Å². The molecule has 1 aromatic carbocycles. The summed E-state index contributed by atoms with van der Waals surface area (Å²) in [7, 11) is 7.24. The molecule has 1 aromatic rings. The van der Waals surface area contributed by atoms with Crippen LogP contribution in [0, 0.1) is 0 Å². The second-order valence-corrected chi connectivity index (χ2v) is 14.5. The van der Waals surface area contributed by atoms with Crippen LogP contribution in [-0.4, -0.2) is 61.9 Å². The molecule has 0 atom stereocenters. The number of nitrogens with zero attached hydrogens (tertiary/aromatic N) is 2. The van der Waals surface area contributed by atoms with E-state index in [0.717, 1.165) is 77.0 Å². The lowest BCUT2D eigenvalue weighted by molar-refractivity contribution is -0.129. The molecule has 6 heteroatoms. The molecule has 2 amide bonds. The molecule has 0 aromatic heterocycles. The van der Waals surface area contributed by atoms with E-state index >= 15 is 0 Å². The summed E-state index contributed by atoms with van der Waals surface area (Å²) in [5, 5.41) is 0. The van der Waals surface area contributed by atoms with Crippen LogP contribution in [-0.2, 0) is 14.3 Å². The van der Waals surface area contributed by atoms with E-state index in [-0.39, 0.29) is 23.9 Å². The SMILES string of the molecule is CN(C)C(=O)CCC/C=C\C/C=C\CCCCCCCCC(CCCCCCCC/C=C\C/C=C\CCCC(=O)N(C)C)OC(=O)c1ccccc1. The van der Waals surface area contributed by atoms with Gasteiger partial charge in [-0.3, -0.25) is 9.59 Å². The van der Waals surface area contributed by atoms with Gasteiger partial charge in [0.15, 0.2) is 0 Å². The number of hydrogen-bond donors (Lipinski definition) is 0. The topological polar surface area (TPSA) is 66.9 Å². The molecule has 0 spiro atoms. The molecule has 0 unspecified atom stereocenters. The minimum absolute atomic E-state index is 0.00662. The smallest absolute Gasteiger partial charge is 0.338 e. The highest BCUT2D eigenvalue weighted by molar-refractivity contribution is 5.89. The molecule has 0 heterocycles. The van der Waals surface area contributed by atoms with Gasteiger partial charge in [-0.15, -0.1) is 0 Å². The molecule has 52 heavy (non-hydrogen) atoms. The Hall–Kier alpha value is -3.41. The Morgan fingerprint density at radius 2 is 0.865 bits per heavy atom. The number of esters is 1. The third kappa shape index (κ3) is 28.2. The standard InChI is InChI=1S/C46H74N2O4/c1-47(2)44(49)40-34-27-23-19-15-11-7-5-9-13-17-21-25-32-38-43(52-46(51)42-36-30-29-31-37-42)39-33-26-22-18-14-10-6-8-12-16-20-24-28-35-41-45(50)48(3)4/h7-8,11-12,19-20,23-24,29-31,36-37,43H,5-6,9-10,13-18,21-22,25-28,32-35,38-41H2,1-4H3/b11-7-,12-8-,23-19-,24-20-. The highest BCUT2D eigenvalue weighted by atomic mass is 16.5. The van der Waals surface area contributed by atoms with Gasteiger partial charge in [0.2, 0.25) is 11.8 Å². The van der Waals surface area contributed by atoms with Crippen LogP contribution in [0.1, 0.15) is 164 Å². The molecule has 292 valence electrons. The lowest BCUT2D eigenvalue weighted by Gasteiger charge is -2.18. The van der Waals surface area contributed by atoms with Gasteiger partial charge >= 0.3 is 5.97 Å². The number of unbranched alkanes of at least 4 members (excludes halogenated alkanes) is 14. The second-order valence-electron chi connectivity index (χ2n) is 14.5. The third-order valence-electron chi connectivity index (χ3n) is 9.31. The maximum Gasteiger partial charge on any atom is 0.338 e. The van der Waals surface area contributed by atoms with E-state index in [4.69, 9.17) is 4.74 Å². The van der Waals surface area contributed by atoms with Gasteiger partial charge in [0.1, 0.15) is 6.10 Å². The minimum atomic E-state index is -0.189. The Bertz CT molecular complexity index is 1090. The first-order valence-corrected chi connectivity index (χ1v) is 20.6. The van der Waals surface area contributed by atoms with E-state index in [1.54, 1.807) is 9.80 Å². The molecule has 0 bridgehead atoms. The highest BCUT2D eigenvalue weighted by Gasteiger charge is 2.15. The fraction of sp³-hybridized carbons (Fsp3) is 0.630. The van der Waals surface area contributed by atoms with Crippen molar-refractivity contribution >= 4 is 17.8 Å². The van der Waals surface area contributed by atoms with Gasteiger partial charge in [0, 0.05) is 41.0 Å². The molecule has 0 aliphatic carbocycles. The van der Waals surface area contributed by atoms with Crippen LogP contribution in [0.15, 0.2) is 78.9 Å². The molecule has 0 aliphatic rings. The Morgan fingerprint density at radius 3 is 1.27 bits per heavy atom. The average molecular weight is 719 g/mol. The van der Waals surface area contributed by atoms with Gasteiger partial charge in [-0.25, -0.2) is 4.79 Å². The first-order chi connectivity index (χ1) is 25.3. The van der Waals surface area contributed by atoms with Crippen LogP contribution in [0.4, 0.5) is 0 Å². The first kappa shape index (κ1) is 46.6. The predicted octanol–water partition coefficient (Wildman–Crippen LogP) is 12.0. The summed E-state index contributed by atoms with van der Waals surface area (Å²) in [6.45, 7) is 0. The summed E-state index contributed by atoms with van der Waals surface area (Å²) in [6, 6.07) is 9.40. The summed E-state index contributed by atoms with van der Waals surface area (Å²) < 4.78 is 6.02. The van der Waals surface area contributed by atoms with Gasteiger partial charge in [-0.1, -0.05) is 118 Å². The zero-order chi connectivity index (χ0) is 37.9. The normalized spacial score (nSPS) is 11.9. The molecule has 0 N–H and O–H groups in total. The van der Waals surface area contributed by atoms with Crippen LogP contribution >= 0.6 is 0 Å². The number of carbonyl (C=O) groups is 3. The van der Waals surface area contributed by atoms with Gasteiger partial charge in [0.05, 0.1) is 5.56 Å². The molecule has 0 radical (unpaired) electrons. The summed E-state index contributed by atoms with van der Waals surface area (Å²) in [5.74, 6) is 0.218. The van der Waals surface area contributed by atoms with Crippen LogP contribution in [0.25, 0.3) is 0 Å². The zero-order valence-electron chi connectivity index (χ0n) is 33.6. The molecule has 0 saturated heterocycles. The van der Waals surface area contributed by atoms with Crippen molar-refractivity contribution in [2.45, 2.75) is 160 Å². The quantitative estimate of drug-likeness (QED) is 0.0422. The van der Waals surface area contributed by atoms with E-state index in [1.807, 2.05) is 58.5 Å². The van der Waals surface area contributed by atoms with E-state index in [0.29, 0.717) is 18.4 Å². The second kappa shape index (κ2) is 33.4. The molecule has 1 rings (SSSR count). The Morgan fingerprint density at radius 1 is 0.500 bits per heavy atom. The number of allylic oxidation sites excluding steroid dienone is 8. The Kier molecular flexibility index (Phi) is 30.0. The van der Waals surface area contributed by atoms with Crippen molar-refractivity contribution < 1.29 is 19.1 Å². The number of amides is 2. The van der Waals surface area contributed by atoms with Crippen LogP contribution < -0.4 is 0 Å². The van der Waals surface area contributed by atoms with Gasteiger partial charge < -0.3 is 14.5 Å². The summed E-state index contributed by atoms with van der Waals surface area (Å²) in [6.07, 6.45) is 43.7. The number of hydrogen-bond acceptors (Lipinski definition) is 4. The van der Waals surface area contributed by atoms with Crippen molar-refractivity contribution in [3.63, 3.8) is 0 Å². The van der Waals surface area contributed by atoms with Crippen LogP contribution in [0.3, 0.4) is 0 Å². The maximum atomic E-state index is 12.8. The lowest BCUT2D eigenvalue weighted by atomic mass is 10.0. The molecular formula is C46H74N2O4. The molecular weight excluding hydrogens is 645 g/mol. The highest BCUT2D eigenvalue weighted by Crippen LogP contribution is 2.19. The van der Waals surface area contributed by atoms with E-state index in [1.165, 1.54) is 64.2 Å². The summed E-state index contributed by atoms with van der Waals surface area (Å²) in [4.78, 5) is 39.3. The predicted molar refractivity (Wildman–Crippen MR) is 220 cm³/mol. The van der Waals surface area contributed by atoms with Crippen molar-refractivity contribution in [3.05, 3.63) is 84.5 Å². The summed E-state index contributed by atoms with van der Waals surface area (Å²) in [5.41, 5.74) is 0.643. The Balaban J connectivity index is 2.15. The van der Waals surface area contributed by atoms with Crippen molar-refractivity contribution in [2.75, 3.05) is 28.2 Å². The molecule has 0 aliphatic heterocycles. The third-order valence-corrected chi connectivity index (χ3v) is 9.31. The molecule has 6 nitrogen and oxygen atoms in total. The maximum absolute atomic E-state index is 12.8.